The molecule has 0 aromatic heterocycles. The average Bonchev–Trinajstić information content (AvgIpc) is 3.01. The largest absolute Gasteiger partial charge is 0.0651 e. The predicted octanol–water partition coefficient (Wildman–Crippen LogP) is 7.06. The fourth-order valence-electron chi connectivity index (χ4n) is 4.39. The minimum Gasteiger partial charge on any atom is -0.0651 e. The van der Waals surface area contributed by atoms with Crippen molar-refractivity contribution in [3.05, 3.63) is 82.9 Å². The minimum absolute atomic E-state index is 1.08. The molecular formula is C25H26. The quantitative estimate of drug-likeness (QED) is 0.471. The number of hydrogen-bond acceptors (Lipinski definition) is 0. The van der Waals surface area contributed by atoms with Gasteiger partial charge in [0.15, 0.2) is 0 Å². The van der Waals surface area contributed by atoms with Crippen molar-refractivity contribution in [1.29, 1.82) is 0 Å². The Hall–Kier alpha value is -2.34. The molecule has 0 bridgehead atoms. The Labute approximate surface area is 151 Å². The van der Waals surface area contributed by atoms with Gasteiger partial charge in [-0.05, 0) is 63.4 Å². The lowest BCUT2D eigenvalue weighted by Gasteiger charge is -2.13. The van der Waals surface area contributed by atoms with Crippen molar-refractivity contribution in [1.82, 2.24) is 0 Å². The standard InChI is InChI=1S/C25H26/c1-3-9-19-13-7-14-20-17-24(23(10-4-2)25(19)20)22-16-8-12-18-11-5-6-15-21(18)22/h5-8,11-16H,3-4,9-10,17H2,1-2H3. The van der Waals surface area contributed by atoms with Gasteiger partial charge in [-0.3, -0.25) is 0 Å². The molecule has 0 atom stereocenters. The van der Waals surface area contributed by atoms with Gasteiger partial charge in [-0.1, -0.05) is 87.4 Å². The monoisotopic (exact) mass is 326 g/mol. The molecule has 0 aliphatic heterocycles. The summed E-state index contributed by atoms with van der Waals surface area (Å²) in [5.74, 6) is 0. The van der Waals surface area contributed by atoms with E-state index in [9.17, 15) is 0 Å². The highest BCUT2D eigenvalue weighted by molar-refractivity contribution is 6.05. The van der Waals surface area contributed by atoms with Crippen molar-refractivity contribution in [2.75, 3.05) is 0 Å². The normalized spacial score (nSPS) is 13.5. The molecule has 0 unspecified atom stereocenters. The maximum atomic E-state index is 2.34. The van der Waals surface area contributed by atoms with Gasteiger partial charge >= 0.3 is 0 Å². The lowest BCUT2D eigenvalue weighted by Crippen LogP contribution is -1.94. The molecule has 0 amide bonds. The molecule has 0 spiro atoms. The van der Waals surface area contributed by atoms with Gasteiger partial charge in [-0.25, -0.2) is 0 Å². The van der Waals surface area contributed by atoms with E-state index in [1.165, 1.54) is 47.6 Å². The van der Waals surface area contributed by atoms with Crippen LogP contribution in [0.2, 0.25) is 0 Å². The van der Waals surface area contributed by atoms with Crippen LogP contribution in [0.25, 0.3) is 21.9 Å². The second-order valence-corrected chi connectivity index (χ2v) is 7.11. The van der Waals surface area contributed by atoms with Gasteiger partial charge in [0, 0.05) is 0 Å². The Kier molecular flexibility index (Phi) is 4.44. The summed E-state index contributed by atoms with van der Waals surface area (Å²) in [4.78, 5) is 0. The third-order valence-electron chi connectivity index (χ3n) is 5.40. The first kappa shape index (κ1) is 16.1. The maximum absolute atomic E-state index is 2.34. The van der Waals surface area contributed by atoms with E-state index in [1.54, 1.807) is 22.3 Å². The van der Waals surface area contributed by atoms with Crippen molar-refractivity contribution in [2.24, 2.45) is 0 Å². The van der Waals surface area contributed by atoms with Crippen LogP contribution >= 0.6 is 0 Å². The Bertz CT molecular complexity index is 938. The summed E-state index contributed by atoms with van der Waals surface area (Å²) in [5, 5.41) is 2.73. The summed E-state index contributed by atoms with van der Waals surface area (Å²) < 4.78 is 0. The van der Waals surface area contributed by atoms with E-state index in [1.807, 2.05) is 0 Å². The molecule has 1 aliphatic rings. The zero-order valence-electron chi connectivity index (χ0n) is 15.3. The zero-order valence-corrected chi connectivity index (χ0v) is 15.3. The third kappa shape index (κ3) is 2.80. The highest BCUT2D eigenvalue weighted by Crippen LogP contribution is 2.44. The van der Waals surface area contributed by atoms with Crippen molar-refractivity contribution in [2.45, 2.75) is 46.0 Å². The van der Waals surface area contributed by atoms with Crippen LogP contribution in [0.1, 0.15) is 55.4 Å². The van der Waals surface area contributed by atoms with Crippen LogP contribution in [0.15, 0.2) is 60.7 Å². The topological polar surface area (TPSA) is 0 Å². The maximum Gasteiger partial charge on any atom is -0.00105 e. The summed E-state index contributed by atoms with van der Waals surface area (Å²) >= 11 is 0. The summed E-state index contributed by atoms with van der Waals surface area (Å²) in [5.41, 5.74) is 9.21. The first-order chi connectivity index (χ1) is 12.3. The number of fused-ring (bicyclic) bond motifs is 2. The van der Waals surface area contributed by atoms with E-state index in [-0.39, 0.29) is 0 Å². The Morgan fingerprint density at radius 1 is 0.760 bits per heavy atom. The minimum atomic E-state index is 1.08. The highest BCUT2D eigenvalue weighted by atomic mass is 14.3. The van der Waals surface area contributed by atoms with Crippen molar-refractivity contribution >= 4 is 21.9 Å². The van der Waals surface area contributed by atoms with Crippen LogP contribution in [0.4, 0.5) is 0 Å². The first-order valence-corrected chi connectivity index (χ1v) is 9.64. The second kappa shape index (κ2) is 6.88. The van der Waals surface area contributed by atoms with Crippen LogP contribution < -0.4 is 0 Å². The van der Waals surface area contributed by atoms with Crippen LogP contribution in [0, 0.1) is 0 Å². The van der Waals surface area contributed by atoms with E-state index in [4.69, 9.17) is 0 Å². The first-order valence-electron chi connectivity index (χ1n) is 9.64. The average molecular weight is 326 g/mol. The highest BCUT2D eigenvalue weighted by Gasteiger charge is 2.24. The number of aryl methyl sites for hydroxylation is 1. The second-order valence-electron chi connectivity index (χ2n) is 7.11. The molecule has 3 aromatic rings. The van der Waals surface area contributed by atoms with E-state index in [2.05, 4.69) is 74.5 Å². The molecule has 0 heteroatoms. The number of benzene rings is 3. The van der Waals surface area contributed by atoms with E-state index < -0.39 is 0 Å². The fraction of sp³-hybridized carbons (Fsp3) is 0.280. The van der Waals surface area contributed by atoms with Gasteiger partial charge < -0.3 is 0 Å². The predicted molar refractivity (Wildman–Crippen MR) is 110 cm³/mol. The molecule has 126 valence electrons. The van der Waals surface area contributed by atoms with Crippen LogP contribution in [-0.2, 0) is 12.8 Å². The number of hydrogen-bond donors (Lipinski definition) is 0. The Balaban J connectivity index is 1.94. The number of allylic oxidation sites excluding steroid dienone is 2. The van der Waals surface area contributed by atoms with Gasteiger partial charge in [0.1, 0.15) is 0 Å². The summed E-state index contributed by atoms with van der Waals surface area (Å²) in [6.07, 6.45) is 5.84. The Morgan fingerprint density at radius 2 is 1.52 bits per heavy atom. The van der Waals surface area contributed by atoms with Gasteiger partial charge in [-0.15, -0.1) is 0 Å². The van der Waals surface area contributed by atoms with Crippen LogP contribution in [0.5, 0.6) is 0 Å². The number of rotatable bonds is 5. The molecule has 4 rings (SSSR count). The van der Waals surface area contributed by atoms with Crippen molar-refractivity contribution in [3.63, 3.8) is 0 Å². The molecule has 1 aliphatic carbocycles. The molecule has 0 heterocycles. The Morgan fingerprint density at radius 3 is 2.36 bits per heavy atom. The SMILES string of the molecule is CCCC1=C(c2cccc3ccccc23)Cc2cccc(CCC)c21. The van der Waals surface area contributed by atoms with Gasteiger partial charge in [-0.2, -0.15) is 0 Å². The van der Waals surface area contributed by atoms with E-state index in [0.29, 0.717) is 0 Å². The van der Waals surface area contributed by atoms with Crippen LogP contribution in [0.3, 0.4) is 0 Å². The fourth-order valence-corrected chi connectivity index (χ4v) is 4.39. The van der Waals surface area contributed by atoms with E-state index >= 15 is 0 Å². The van der Waals surface area contributed by atoms with Crippen molar-refractivity contribution in [3.8, 4) is 0 Å². The van der Waals surface area contributed by atoms with Gasteiger partial charge in [0.25, 0.3) is 0 Å². The smallest absolute Gasteiger partial charge is 0.00105 e. The van der Waals surface area contributed by atoms with Crippen LogP contribution in [-0.4, -0.2) is 0 Å². The van der Waals surface area contributed by atoms with Crippen molar-refractivity contribution < 1.29 is 0 Å². The zero-order chi connectivity index (χ0) is 17.2. The molecule has 3 aromatic carbocycles. The third-order valence-corrected chi connectivity index (χ3v) is 5.40. The molecule has 0 saturated heterocycles. The lowest BCUT2D eigenvalue weighted by atomic mass is 9.91. The molecule has 0 N–H and O–H groups in total. The van der Waals surface area contributed by atoms with Gasteiger partial charge in [0.2, 0.25) is 0 Å². The molecule has 25 heavy (non-hydrogen) atoms. The van der Waals surface area contributed by atoms with E-state index in [0.717, 1.165) is 6.42 Å². The molecule has 0 radical (unpaired) electrons. The molecule has 0 saturated carbocycles. The molecule has 0 nitrogen and oxygen atoms in total. The summed E-state index contributed by atoms with van der Waals surface area (Å²) in [7, 11) is 0. The van der Waals surface area contributed by atoms with Gasteiger partial charge in [0.05, 0.1) is 0 Å². The lowest BCUT2D eigenvalue weighted by molar-refractivity contribution is 0.910. The summed E-state index contributed by atoms with van der Waals surface area (Å²) in [6, 6.07) is 22.5. The summed E-state index contributed by atoms with van der Waals surface area (Å²) in [6.45, 7) is 4.58. The molecule has 0 fully saturated rings. The molecular weight excluding hydrogens is 300 g/mol.